The third kappa shape index (κ3) is 12.6. The van der Waals surface area contributed by atoms with Crippen LogP contribution in [0.1, 0.15) is 53.9 Å². The Morgan fingerprint density at radius 2 is 1.66 bits per heavy atom. The first kappa shape index (κ1) is 40.3. The summed E-state index contributed by atoms with van der Waals surface area (Å²) in [6.07, 6.45) is 12.2. The molecule has 0 radical (unpaired) electrons. The smallest absolute Gasteiger partial charge is 0.236 e. The van der Waals surface area contributed by atoms with Crippen LogP contribution in [0.4, 0.5) is 5.69 Å². The first-order valence-electron chi connectivity index (χ1n) is 18.0. The van der Waals surface area contributed by atoms with Crippen LogP contribution in [0.2, 0.25) is 0 Å². The second-order valence-corrected chi connectivity index (χ2v) is 12.6. The van der Waals surface area contributed by atoms with Gasteiger partial charge in [0.1, 0.15) is 0 Å². The fraction of sp³-hybridized carbons (Fsp3) is 0.553. The fourth-order valence-electron chi connectivity index (χ4n) is 5.99. The van der Waals surface area contributed by atoms with Gasteiger partial charge in [-0.2, -0.15) is 5.10 Å². The van der Waals surface area contributed by atoms with Crippen LogP contribution in [-0.4, -0.2) is 115 Å². The monoisotopic (exact) mass is 690 g/mol. The Hall–Kier alpha value is -4.13. The second kappa shape index (κ2) is 21.8. The normalized spacial score (nSPS) is 18.9. The second-order valence-electron chi connectivity index (χ2n) is 12.6. The van der Waals surface area contributed by atoms with Gasteiger partial charge in [0.05, 0.1) is 18.2 Å². The highest BCUT2D eigenvalue weighted by molar-refractivity contribution is 5.81. The zero-order chi connectivity index (χ0) is 36.3. The molecule has 274 valence electrons. The molecule has 50 heavy (non-hydrogen) atoms. The number of carbonyl (C=O) groups excluding carboxylic acids is 2. The summed E-state index contributed by atoms with van der Waals surface area (Å²) in [5, 5.41) is 14.6. The average molecular weight is 691 g/mol. The summed E-state index contributed by atoms with van der Waals surface area (Å²) in [4.78, 5) is 41.2. The number of hydrogen-bond acceptors (Lipinski definition) is 10. The van der Waals surface area contributed by atoms with Crippen LogP contribution in [-0.2, 0) is 14.3 Å². The molecular formula is C38H58N8O4. The number of carbonyl (C=O) groups is 2. The Kier molecular flexibility index (Phi) is 17.6. The number of aromatic nitrogens is 2. The lowest BCUT2D eigenvalue weighted by molar-refractivity contribution is -0.133. The van der Waals surface area contributed by atoms with Crippen molar-refractivity contribution in [1.82, 2.24) is 30.5 Å². The maximum Gasteiger partial charge on any atom is 0.236 e. The molecule has 5 rings (SSSR count). The number of hydrogen-bond donors (Lipinski definition) is 3. The van der Waals surface area contributed by atoms with Crippen molar-refractivity contribution in [2.45, 2.75) is 59.9 Å². The summed E-state index contributed by atoms with van der Waals surface area (Å²) in [6.45, 7) is 16.3. The average Bonchev–Trinajstić information content (AvgIpc) is 3.64. The molecule has 12 heteroatoms. The van der Waals surface area contributed by atoms with Gasteiger partial charge in [-0.05, 0) is 83.0 Å². The number of ether oxygens (including phenoxy) is 1. The van der Waals surface area contributed by atoms with Gasteiger partial charge in [0, 0.05) is 94.9 Å². The molecule has 2 atom stereocenters. The van der Waals surface area contributed by atoms with Crippen LogP contribution in [0.15, 0.2) is 71.2 Å². The van der Waals surface area contributed by atoms with Crippen LogP contribution in [0.5, 0.6) is 0 Å². The van der Waals surface area contributed by atoms with Gasteiger partial charge >= 0.3 is 0 Å². The quantitative estimate of drug-likeness (QED) is 0.181. The van der Waals surface area contributed by atoms with E-state index >= 15 is 0 Å². The van der Waals surface area contributed by atoms with E-state index in [1.807, 2.05) is 76.1 Å². The minimum absolute atomic E-state index is 0.0369. The number of piperazine rings is 1. The van der Waals surface area contributed by atoms with Crippen molar-refractivity contribution in [2.24, 2.45) is 16.9 Å². The number of allylic oxidation sites excluding steroid dienone is 2. The van der Waals surface area contributed by atoms with E-state index in [-0.39, 0.29) is 23.8 Å². The molecule has 3 aliphatic heterocycles. The summed E-state index contributed by atoms with van der Waals surface area (Å²) in [5.41, 5.74) is 7.32. The number of amides is 2. The molecule has 2 amide bonds. The van der Waals surface area contributed by atoms with E-state index in [1.54, 1.807) is 12.4 Å². The number of nitrogens with one attached hydrogen (secondary N) is 2. The first-order chi connectivity index (χ1) is 24.4. The van der Waals surface area contributed by atoms with E-state index in [1.165, 1.54) is 0 Å². The summed E-state index contributed by atoms with van der Waals surface area (Å²) in [6, 6.07) is 9.96. The lowest BCUT2D eigenvalue weighted by atomic mass is 10.0. The van der Waals surface area contributed by atoms with Gasteiger partial charge < -0.3 is 25.0 Å². The van der Waals surface area contributed by atoms with Crippen LogP contribution in [0, 0.1) is 11.8 Å². The molecule has 3 saturated heterocycles. The predicted octanol–water partition coefficient (Wildman–Crippen LogP) is 4.11. The summed E-state index contributed by atoms with van der Waals surface area (Å²) < 4.78 is 5.41. The molecule has 0 saturated carbocycles. The maximum atomic E-state index is 13.1. The third-order valence-electron chi connectivity index (χ3n) is 8.89. The summed E-state index contributed by atoms with van der Waals surface area (Å²) >= 11 is 0. The highest BCUT2D eigenvalue weighted by Crippen LogP contribution is 2.22. The van der Waals surface area contributed by atoms with Gasteiger partial charge in [0.25, 0.3) is 0 Å². The summed E-state index contributed by atoms with van der Waals surface area (Å²) in [5.74, 6) is 1.21. The van der Waals surface area contributed by atoms with Crippen molar-refractivity contribution in [1.29, 1.82) is 0 Å². The van der Waals surface area contributed by atoms with Gasteiger partial charge in [-0.25, -0.2) is 9.97 Å². The van der Waals surface area contributed by atoms with Crippen molar-refractivity contribution in [3.05, 3.63) is 66.1 Å². The van der Waals surface area contributed by atoms with E-state index < -0.39 is 0 Å². The predicted molar refractivity (Wildman–Crippen MR) is 201 cm³/mol. The van der Waals surface area contributed by atoms with E-state index in [0.717, 1.165) is 81.7 Å². The van der Waals surface area contributed by atoms with E-state index in [9.17, 15) is 9.59 Å². The minimum atomic E-state index is -0.127. The fourth-order valence-corrected chi connectivity index (χ4v) is 5.99. The molecule has 0 bridgehead atoms. The van der Waals surface area contributed by atoms with Gasteiger partial charge in [0.15, 0.2) is 5.82 Å². The molecule has 1 aromatic carbocycles. The number of nitrogens with zero attached hydrogens (tertiary/aromatic N) is 6. The van der Waals surface area contributed by atoms with E-state index in [4.69, 9.17) is 9.84 Å². The van der Waals surface area contributed by atoms with Crippen LogP contribution in [0.3, 0.4) is 0 Å². The van der Waals surface area contributed by atoms with Crippen LogP contribution < -0.4 is 15.6 Å². The Balaban J connectivity index is 0.00000163. The number of aliphatic hydroxyl groups is 1. The lowest BCUT2D eigenvalue weighted by Crippen LogP contribution is -2.51. The van der Waals surface area contributed by atoms with Crippen molar-refractivity contribution in [3.63, 3.8) is 0 Å². The molecule has 4 heterocycles. The number of aliphatic hydroxyl groups excluding tert-OH is 1. The Labute approximate surface area is 298 Å². The van der Waals surface area contributed by atoms with Gasteiger partial charge in [-0.1, -0.05) is 25.5 Å². The molecule has 1 aromatic heterocycles. The van der Waals surface area contributed by atoms with Crippen LogP contribution in [0.25, 0.3) is 11.4 Å². The van der Waals surface area contributed by atoms with Gasteiger partial charge in [-0.15, -0.1) is 0 Å². The largest absolute Gasteiger partial charge is 0.400 e. The van der Waals surface area contributed by atoms with Crippen molar-refractivity contribution >= 4 is 23.7 Å². The lowest BCUT2D eigenvalue weighted by Gasteiger charge is -2.36. The third-order valence-corrected chi connectivity index (χ3v) is 8.89. The van der Waals surface area contributed by atoms with Gasteiger partial charge in [0.2, 0.25) is 11.8 Å². The highest BCUT2D eigenvalue weighted by atomic mass is 16.5. The number of rotatable bonds is 11. The van der Waals surface area contributed by atoms with Crippen molar-refractivity contribution in [3.8, 4) is 11.4 Å². The molecule has 0 spiro atoms. The van der Waals surface area contributed by atoms with E-state index in [2.05, 4.69) is 47.7 Å². The standard InChI is InChI=1S/C35H48N8O3.C2H6.CH4O/c1-26(2)32(40-38-23-28-12-21-46-22-13-28)10-5-27(3)39-35(45)30-11-16-41(24-30)25-33(44)43-19-17-42(18-20-43)31-8-6-29(7-9-31)34-36-14-4-15-37-34;2*1-2/h4-10,14-15,23,27-28,30,40H,11-13,16-22,24-25H2,1-3H3,(H,39,45);1-2H3;2H,1H3/b10-5-,38-23+;;. The number of likely N-dealkylation sites (tertiary alicyclic amines) is 1. The molecule has 2 unspecified atom stereocenters. The number of anilines is 1. The summed E-state index contributed by atoms with van der Waals surface area (Å²) in [7, 11) is 1.00. The highest BCUT2D eigenvalue weighted by Gasteiger charge is 2.31. The minimum Gasteiger partial charge on any atom is -0.400 e. The zero-order valence-corrected chi connectivity index (χ0v) is 30.8. The molecule has 3 N–H and O–H groups in total. The van der Waals surface area contributed by atoms with E-state index in [0.29, 0.717) is 37.9 Å². The molecule has 3 fully saturated rings. The molecule has 12 nitrogen and oxygen atoms in total. The van der Waals surface area contributed by atoms with Gasteiger partial charge in [-0.3, -0.25) is 19.9 Å². The molecule has 3 aliphatic rings. The first-order valence-corrected chi connectivity index (χ1v) is 18.0. The number of benzene rings is 1. The Morgan fingerprint density at radius 3 is 2.30 bits per heavy atom. The number of hydrazone groups is 1. The molecular weight excluding hydrogens is 632 g/mol. The Morgan fingerprint density at radius 1 is 1.00 bits per heavy atom. The molecule has 2 aromatic rings. The van der Waals surface area contributed by atoms with Crippen molar-refractivity contribution in [2.75, 3.05) is 71.0 Å². The van der Waals surface area contributed by atoms with Crippen molar-refractivity contribution < 1.29 is 19.4 Å². The maximum absolute atomic E-state index is 13.1. The molecule has 0 aliphatic carbocycles. The SMILES string of the molecule is CC.CC(C)=C(/C=C\C(C)NC(=O)C1CCN(CC(=O)N2CCN(c3ccc(-c4ncccn4)cc3)CC2)C1)N/N=C/C1CCOCC1.CO. The van der Waals surface area contributed by atoms with Crippen LogP contribution >= 0.6 is 0 Å². The topological polar surface area (TPSA) is 136 Å². The zero-order valence-electron chi connectivity index (χ0n) is 30.8. The Bertz CT molecular complexity index is 1380.